The molecule has 112 valence electrons. The van der Waals surface area contributed by atoms with Crippen molar-refractivity contribution in [3.05, 3.63) is 70.5 Å². The van der Waals surface area contributed by atoms with Gasteiger partial charge in [0.2, 0.25) is 0 Å². The predicted molar refractivity (Wildman–Crippen MR) is 93.2 cm³/mol. The van der Waals surface area contributed by atoms with Gasteiger partial charge in [-0.15, -0.1) is 0 Å². The van der Waals surface area contributed by atoms with Gasteiger partial charge >= 0.3 is 0 Å². The van der Waals surface area contributed by atoms with Crippen LogP contribution in [0.5, 0.6) is 0 Å². The summed E-state index contributed by atoms with van der Waals surface area (Å²) < 4.78 is 0. The molecule has 1 heterocycles. The molecule has 2 nitrogen and oxygen atoms in total. The number of hydrogen-bond donors (Lipinski definition) is 1. The third-order valence-electron chi connectivity index (χ3n) is 4.11. The highest BCUT2D eigenvalue weighted by molar-refractivity contribution is 5.95. The normalized spacial score (nSPS) is 11.0. The van der Waals surface area contributed by atoms with Crippen LogP contribution in [0.25, 0.3) is 22.0 Å². The van der Waals surface area contributed by atoms with Gasteiger partial charge < -0.3 is 4.98 Å². The van der Waals surface area contributed by atoms with E-state index < -0.39 is 0 Å². The van der Waals surface area contributed by atoms with Crippen LogP contribution in [0.15, 0.2) is 59.4 Å². The summed E-state index contributed by atoms with van der Waals surface area (Å²) in [6.45, 7) is 2.18. The lowest BCUT2D eigenvalue weighted by atomic mass is 9.93. The van der Waals surface area contributed by atoms with Gasteiger partial charge in [0.05, 0.1) is 0 Å². The lowest BCUT2D eigenvalue weighted by Crippen LogP contribution is -2.14. The van der Waals surface area contributed by atoms with Gasteiger partial charge in [0.1, 0.15) is 0 Å². The molecule has 0 atom stereocenters. The molecule has 0 spiro atoms. The van der Waals surface area contributed by atoms with Crippen LogP contribution in [0.2, 0.25) is 0 Å². The van der Waals surface area contributed by atoms with Crippen LogP contribution < -0.4 is 5.56 Å². The van der Waals surface area contributed by atoms with Crippen LogP contribution in [-0.2, 0) is 6.42 Å². The van der Waals surface area contributed by atoms with Crippen molar-refractivity contribution in [2.45, 2.75) is 32.6 Å². The van der Waals surface area contributed by atoms with Gasteiger partial charge in [-0.05, 0) is 30.0 Å². The van der Waals surface area contributed by atoms with E-state index in [4.69, 9.17) is 0 Å². The SMILES string of the molecule is CCCCCc1c(-c2ccccc2)c2ccccc2[nH]c1=O. The Bertz CT molecular complexity index is 818. The summed E-state index contributed by atoms with van der Waals surface area (Å²) >= 11 is 0. The van der Waals surface area contributed by atoms with Crippen LogP contribution >= 0.6 is 0 Å². The number of unbranched alkanes of at least 4 members (excludes halogenated alkanes) is 2. The zero-order chi connectivity index (χ0) is 15.4. The Morgan fingerprint density at radius 2 is 1.64 bits per heavy atom. The molecule has 1 aromatic heterocycles. The van der Waals surface area contributed by atoms with Gasteiger partial charge in [-0.2, -0.15) is 0 Å². The molecular formula is C20H21NO. The van der Waals surface area contributed by atoms with E-state index in [-0.39, 0.29) is 5.56 Å². The second-order valence-corrected chi connectivity index (χ2v) is 5.68. The van der Waals surface area contributed by atoms with E-state index in [9.17, 15) is 4.79 Å². The molecule has 0 fully saturated rings. The topological polar surface area (TPSA) is 32.9 Å². The van der Waals surface area contributed by atoms with Crippen LogP contribution in [0.4, 0.5) is 0 Å². The molecule has 0 saturated heterocycles. The standard InChI is InChI=1S/C20H21NO/c1-2-3-5-13-17-19(15-10-6-4-7-11-15)16-12-8-9-14-18(16)21-20(17)22/h4,6-12,14H,2-3,5,13H2,1H3,(H,21,22). The lowest BCUT2D eigenvalue weighted by molar-refractivity contribution is 0.714. The van der Waals surface area contributed by atoms with Gasteiger partial charge in [0.25, 0.3) is 5.56 Å². The van der Waals surface area contributed by atoms with E-state index in [1.165, 1.54) is 0 Å². The summed E-state index contributed by atoms with van der Waals surface area (Å²) in [6, 6.07) is 18.3. The van der Waals surface area contributed by atoms with Gasteiger partial charge in [0.15, 0.2) is 0 Å². The van der Waals surface area contributed by atoms with Crippen molar-refractivity contribution < 1.29 is 0 Å². The van der Waals surface area contributed by atoms with Crippen LogP contribution in [-0.4, -0.2) is 4.98 Å². The van der Waals surface area contributed by atoms with Gasteiger partial charge in [-0.25, -0.2) is 0 Å². The highest BCUT2D eigenvalue weighted by Gasteiger charge is 2.13. The fourth-order valence-corrected chi connectivity index (χ4v) is 3.01. The highest BCUT2D eigenvalue weighted by atomic mass is 16.1. The molecule has 3 aromatic rings. The van der Waals surface area contributed by atoms with E-state index in [0.717, 1.165) is 53.3 Å². The molecule has 0 aliphatic carbocycles. The molecule has 3 rings (SSSR count). The van der Waals surface area contributed by atoms with Gasteiger partial charge in [-0.3, -0.25) is 4.79 Å². The first-order valence-electron chi connectivity index (χ1n) is 8.00. The number of nitrogens with one attached hydrogen (secondary N) is 1. The first-order valence-corrected chi connectivity index (χ1v) is 8.00. The quantitative estimate of drug-likeness (QED) is 0.664. The number of para-hydroxylation sites is 1. The van der Waals surface area contributed by atoms with Crippen molar-refractivity contribution in [3.8, 4) is 11.1 Å². The number of hydrogen-bond acceptors (Lipinski definition) is 1. The first kappa shape index (κ1) is 14.6. The average Bonchev–Trinajstić information content (AvgIpc) is 2.56. The number of fused-ring (bicyclic) bond motifs is 1. The second-order valence-electron chi connectivity index (χ2n) is 5.68. The van der Waals surface area contributed by atoms with E-state index in [1.54, 1.807) is 0 Å². The maximum atomic E-state index is 12.6. The maximum absolute atomic E-state index is 12.6. The molecule has 0 radical (unpaired) electrons. The minimum Gasteiger partial charge on any atom is -0.322 e. The minimum atomic E-state index is 0.0497. The zero-order valence-corrected chi connectivity index (χ0v) is 12.9. The summed E-state index contributed by atoms with van der Waals surface area (Å²) in [7, 11) is 0. The van der Waals surface area contributed by atoms with Crippen molar-refractivity contribution in [2.75, 3.05) is 0 Å². The minimum absolute atomic E-state index is 0.0497. The Kier molecular flexibility index (Phi) is 4.38. The monoisotopic (exact) mass is 291 g/mol. The van der Waals surface area contributed by atoms with Crippen molar-refractivity contribution >= 4 is 10.9 Å². The summed E-state index contributed by atoms with van der Waals surface area (Å²) in [5.74, 6) is 0. The molecule has 0 aliphatic heterocycles. The molecule has 0 bridgehead atoms. The molecule has 0 saturated carbocycles. The number of aromatic nitrogens is 1. The third-order valence-corrected chi connectivity index (χ3v) is 4.11. The van der Waals surface area contributed by atoms with E-state index in [0.29, 0.717) is 0 Å². The number of H-pyrrole nitrogens is 1. The van der Waals surface area contributed by atoms with Crippen molar-refractivity contribution in [1.29, 1.82) is 0 Å². The molecule has 1 N–H and O–H groups in total. The van der Waals surface area contributed by atoms with Crippen molar-refractivity contribution in [1.82, 2.24) is 4.98 Å². The number of rotatable bonds is 5. The summed E-state index contributed by atoms with van der Waals surface area (Å²) in [4.78, 5) is 15.6. The van der Waals surface area contributed by atoms with Crippen molar-refractivity contribution in [3.63, 3.8) is 0 Å². The Hall–Kier alpha value is -2.35. The zero-order valence-electron chi connectivity index (χ0n) is 12.9. The molecule has 0 aliphatic rings. The molecular weight excluding hydrogens is 270 g/mol. The summed E-state index contributed by atoms with van der Waals surface area (Å²) in [6.07, 6.45) is 4.20. The summed E-state index contributed by atoms with van der Waals surface area (Å²) in [5.41, 5.74) is 4.09. The Balaban J connectivity index is 2.24. The van der Waals surface area contributed by atoms with Crippen LogP contribution in [0.3, 0.4) is 0 Å². The number of benzene rings is 2. The molecule has 0 amide bonds. The Labute approximate surface area is 130 Å². The lowest BCUT2D eigenvalue weighted by Gasteiger charge is -2.13. The van der Waals surface area contributed by atoms with Gasteiger partial charge in [-0.1, -0.05) is 68.3 Å². The van der Waals surface area contributed by atoms with E-state index in [2.05, 4.69) is 30.1 Å². The average molecular weight is 291 g/mol. The first-order chi connectivity index (χ1) is 10.8. The third kappa shape index (κ3) is 2.82. The Morgan fingerprint density at radius 1 is 0.909 bits per heavy atom. The smallest absolute Gasteiger partial charge is 0.252 e. The van der Waals surface area contributed by atoms with Crippen LogP contribution in [0.1, 0.15) is 31.7 Å². The van der Waals surface area contributed by atoms with Gasteiger partial charge in [0, 0.05) is 16.5 Å². The largest absolute Gasteiger partial charge is 0.322 e. The molecule has 22 heavy (non-hydrogen) atoms. The number of aromatic amines is 1. The molecule has 0 unspecified atom stereocenters. The van der Waals surface area contributed by atoms with Crippen LogP contribution in [0, 0.1) is 0 Å². The maximum Gasteiger partial charge on any atom is 0.252 e. The van der Waals surface area contributed by atoms with E-state index in [1.807, 2.05) is 36.4 Å². The number of pyridine rings is 1. The fourth-order valence-electron chi connectivity index (χ4n) is 3.01. The molecule has 2 heteroatoms. The van der Waals surface area contributed by atoms with Crippen molar-refractivity contribution in [2.24, 2.45) is 0 Å². The predicted octanol–water partition coefficient (Wildman–Crippen LogP) is 4.93. The van der Waals surface area contributed by atoms with E-state index >= 15 is 0 Å². The molecule has 2 aromatic carbocycles. The highest BCUT2D eigenvalue weighted by Crippen LogP contribution is 2.30. The second kappa shape index (κ2) is 6.61. The fraction of sp³-hybridized carbons (Fsp3) is 0.250. The summed E-state index contributed by atoms with van der Waals surface area (Å²) in [5, 5.41) is 1.12. The Morgan fingerprint density at radius 3 is 2.41 bits per heavy atom.